The maximum atomic E-state index is 5.90. The number of ether oxygens (including phenoxy) is 1. The molecule has 3 rings (SSSR count). The largest absolute Gasteiger partial charge is 0.492 e. The molecule has 0 saturated heterocycles. The minimum atomic E-state index is 0.683. The quantitative estimate of drug-likeness (QED) is 0.876. The summed E-state index contributed by atoms with van der Waals surface area (Å²) in [5.74, 6) is 2.04. The summed E-state index contributed by atoms with van der Waals surface area (Å²) >= 11 is 1.89. The second kappa shape index (κ2) is 6.09. The van der Waals surface area contributed by atoms with Crippen LogP contribution in [0.2, 0.25) is 0 Å². The molecule has 20 heavy (non-hydrogen) atoms. The van der Waals surface area contributed by atoms with Crippen LogP contribution in [-0.4, -0.2) is 25.4 Å². The molecule has 0 amide bonds. The smallest absolute Gasteiger partial charge is 0.119 e. The summed E-state index contributed by atoms with van der Waals surface area (Å²) in [6.45, 7) is 2.61. The number of nitrogens with two attached hydrogens (primary N) is 1. The standard InChI is InChI=1S/C16H18N2OS/c17-13-6-7-16-15(12-13)18(9-11-20-16)8-10-19-14-4-2-1-3-5-14/h1-7,12H,8-11,17H2. The van der Waals surface area contributed by atoms with E-state index in [0.29, 0.717) is 6.61 Å². The number of rotatable bonds is 4. The second-order valence-corrected chi connectivity index (χ2v) is 5.86. The van der Waals surface area contributed by atoms with E-state index < -0.39 is 0 Å². The van der Waals surface area contributed by atoms with Gasteiger partial charge < -0.3 is 15.4 Å². The van der Waals surface area contributed by atoms with Gasteiger partial charge in [0.25, 0.3) is 0 Å². The number of thioether (sulfide) groups is 1. The van der Waals surface area contributed by atoms with Gasteiger partial charge in [-0.25, -0.2) is 0 Å². The minimum absolute atomic E-state index is 0.683. The number of fused-ring (bicyclic) bond motifs is 1. The zero-order chi connectivity index (χ0) is 13.8. The fraction of sp³-hybridized carbons (Fsp3) is 0.250. The number of para-hydroxylation sites is 1. The van der Waals surface area contributed by atoms with Gasteiger partial charge in [0.2, 0.25) is 0 Å². The lowest BCUT2D eigenvalue weighted by Gasteiger charge is -2.31. The maximum absolute atomic E-state index is 5.90. The van der Waals surface area contributed by atoms with Gasteiger partial charge in [-0.2, -0.15) is 0 Å². The van der Waals surface area contributed by atoms with E-state index in [-0.39, 0.29) is 0 Å². The fourth-order valence-electron chi connectivity index (χ4n) is 2.31. The van der Waals surface area contributed by atoms with Crippen molar-refractivity contribution in [3.63, 3.8) is 0 Å². The van der Waals surface area contributed by atoms with Crippen molar-refractivity contribution in [2.75, 3.05) is 36.1 Å². The molecule has 1 heterocycles. The molecular weight excluding hydrogens is 268 g/mol. The fourth-order valence-corrected chi connectivity index (χ4v) is 3.34. The van der Waals surface area contributed by atoms with Gasteiger partial charge in [-0.3, -0.25) is 0 Å². The van der Waals surface area contributed by atoms with Crippen LogP contribution in [0.5, 0.6) is 5.75 Å². The molecule has 1 aliphatic rings. The van der Waals surface area contributed by atoms with Crippen LogP contribution in [-0.2, 0) is 0 Å². The van der Waals surface area contributed by atoms with Crippen LogP contribution in [0.3, 0.4) is 0 Å². The number of hydrogen-bond acceptors (Lipinski definition) is 4. The van der Waals surface area contributed by atoms with E-state index in [9.17, 15) is 0 Å². The van der Waals surface area contributed by atoms with Crippen LogP contribution in [0, 0.1) is 0 Å². The average Bonchev–Trinajstić information content (AvgIpc) is 2.49. The highest BCUT2D eigenvalue weighted by molar-refractivity contribution is 7.99. The summed E-state index contributed by atoms with van der Waals surface area (Å²) in [4.78, 5) is 3.66. The van der Waals surface area contributed by atoms with Crippen LogP contribution in [0.15, 0.2) is 53.4 Å². The Balaban J connectivity index is 1.63. The van der Waals surface area contributed by atoms with Gasteiger partial charge in [-0.1, -0.05) is 18.2 Å². The molecule has 0 spiro atoms. The highest BCUT2D eigenvalue weighted by atomic mass is 32.2. The van der Waals surface area contributed by atoms with Crippen LogP contribution >= 0.6 is 11.8 Å². The molecule has 2 N–H and O–H groups in total. The van der Waals surface area contributed by atoms with Crippen molar-refractivity contribution < 1.29 is 4.74 Å². The van der Waals surface area contributed by atoms with Crippen molar-refractivity contribution in [1.29, 1.82) is 0 Å². The number of benzene rings is 2. The second-order valence-electron chi connectivity index (χ2n) is 4.72. The number of hydrogen-bond donors (Lipinski definition) is 1. The lowest BCUT2D eigenvalue weighted by molar-refractivity contribution is 0.324. The Morgan fingerprint density at radius 3 is 2.85 bits per heavy atom. The van der Waals surface area contributed by atoms with Crippen LogP contribution in [0.1, 0.15) is 0 Å². The zero-order valence-electron chi connectivity index (χ0n) is 11.3. The van der Waals surface area contributed by atoms with E-state index in [1.54, 1.807) is 0 Å². The molecule has 0 aromatic heterocycles. The topological polar surface area (TPSA) is 38.5 Å². The predicted molar refractivity (Wildman–Crippen MR) is 85.7 cm³/mol. The van der Waals surface area contributed by atoms with Gasteiger partial charge in [0.1, 0.15) is 12.4 Å². The maximum Gasteiger partial charge on any atom is 0.119 e. The van der Waals surface area contributed by atoms with Gasteiger partial charge in [-0.15, -0.1) is 11.8 Å². The number of nitrogens with zero attached hydrogens (tertiary/aromatic N) is 1. The van der Waals surface area contributed by atoms with Crippen molar-refractivity contribution in [3.05, 3.63) is 48.5 Å². The Hall–Kier alpha value is -1.81. The molecule has 104 valence electrons. The van der Waals surface area contributed by atoms with Crippen molar-refractivity contribution in [3.8, 4) is 5.75 Å². The lowest BCUT2D eigenvalue weighted by atomic mass is 10.2. The summed E-state index contributed by atoms with van der Waals surface area (Å²) in [5, 5.41) is 0. The lowest BCUT2D eigenvalue weighted by Crippen LogP contribution is -2.33. The molecule has 4 heteroatoms. The summed E-state index contributed by atoms with van der Waals surface area (Å²) in [7, 11) is 0. The number of anilines is 2. The molecule has 0 fully saturated rings. The molecule has 1 aliphatic heterocycles. The van der Waals surface area contributed by atoms with Crippen LogP contribution < -0.4 is 15.4 Å². The van der Waals surface area contributed by atoms with E-state index >= 15 is 0 Å². The third-order valence-electron chi connectivity index (χ3n) is 3.32. The Bertz CT molecular complexity index is 574. The summed E-state index contributed by atoms with van der Waals surface area (Å²) < 4.78 is 5.77. The third-order valence-corrected chi connectivity index (χ3v) is 4.36. The van der Waals surface area contributed by atoms with Crippen molar-refractivity contribution in [2.24, 2.45) is 0 Å². The molecule has 0 radical (unpaired) electrons. The average molecular weight is 286 g/mol. The van der Waals surface area contributed by atoms with Crippen LogP contribution in [0.25, 0.3) is 0 Å². The first-order valence-electron chi connectivity index (χ1n) is 6.78. The monoisotopic (exact) mass is 286 g/mol. The molecule has 0 aliphatic carbocycles. The molecule has 0 saturated carbocycles. The predicted octanol–water partition coefficient (Wildman–Crippen LogP) is 3.26. The zero-order valence-corrected chi connectivity index (χ0v) is 12.1. The van der Waals surface area contributed by atoms with Gasteiger partial charge in [-0.05, 0) is 30.3 Å². The summed E-state index contributed by atoms with van der Waals surface area (Å²) in [6, 6.07) is 16.1. The molecule has 0 unspecified atom stereocenters. The SMILES string of the molecule is Nc1ccc2c(c1)N(CCOc1ccccc1)CCS2. The summed E-state index contributed by atoms with van der Waals surface area (Å²) in [5.41, 5.74) is 7.95. The normalized spacial score (nSPS) is 13.9. The molecule has 2 aromatic rings. The van der Waals surface area contributed by atoms with Crippen molar-refractivity contribution in [1.82, 2.24) is 0 Å². The first kappa shape index (κ1) is 13.2. The van der Waals surface area contributed by atoms with Gasteiger partial charge >= 0.3 is 0 Å². The van der Waals surface area contributed by atoms with E-state index in [2.05, 4.69) is 17.0 Å². The molecule has 2 aromatic carbocycles. The molecule has 0 bridgehead atoms. The van der Waals surface area contributed by atoms with E-state index in [1.807, 2.05) is 48.2 Å². The molecule has 0 atom stereocenters. The van der Waals surface area contributed by atoms with Gasteiger partial charge in [0, 0.05) is 22.9 Å². The van der Waals surface area contributed by atoms with Crippen LogP contribution in [0.4, 0.5) is 11.4 Å². The Morgan fingerprint density at radius 2 is 2.00 bits per heavy atom. The number of nitrogen functional groups attached to an aromatic ring is 1. The highest BCUT2D eigenvalue weighted by Crippen LogP contribution is 2.35. The first-order valence-corrected chi connectivity index (χ1v) is 7.76. The molecular formula is C16H18N2OS. The van der Waals surface area contributed by atoms with E-state index in [1.165, 1.54) is 10.6 Å². The minimum Gasteiger partial charge on any atom is -0.492 e. The third kappa shape index (κ3) is 3.02. The van der Waals surface area contributed by atoms with Gasteiger partial charge in [0.05, 0.1) is 12.2 Å². The van der Waals surface area contributed by atoms with Crippen molar-refractivity contribution in [2.45, 2.75) is 4.90 Å². The van der Waals surface area contributed by atoms with Gasteiger partial charge in [0.15, 0.2) is 0 Å². The van der Waals surface area contributed by atoms with Crippen molar-refractivity contribution >= 4 is 23.1 Å². The highest BCUT2D eigenvalue weighted by Gasteiger charge is 2.17. The Labute approximate surface area is 123 Å². The first-order chi connectivity index (χ1) is 9.83. The Kier molecular flexibility index (Phi) is 4.02. The van der Waals surface area contributed by atoms with E-state index in [0.717, 1.165) is 30.3 Å². The Morgan fingerprint density at radius 1 is 1.15 bits per heavy atom. The summed E-state index contributed by atoms with van der Waals surface area (Å²) in [6.07, 6.45) is 0. The van der Waals surface area contributed by atoms with E-state index in [4.69, 9.17) is 10.5 Å². The molecule has 3 nitrogen and oxygen atoms in total.